The fraction of sp³-hybridized carbons (Fsp3) is 0.417. The topological polar surface area (TPSA) is 74.1 Å². The zero-order valence-electron chi connectivity index (χ0n) is 19.7. The Kier molecular flexibility index (Phi) is 8.20. The van der Waals surface area contributed by atoms with Gasteiger partial charge in [-0.15, -0.1) is 0 Å². The maximum atomic E-state index is 13.7. The Morgan fingerprint density at radius 2 is 1.70 bits per heavy atom. The van der Waals surface area contributed by atoms with Crippen LogP contribution in [0.2, 0.25) is 25.7 Å². The van der Waals surface area contributed by atoms with E-state index in [1.807, 2.05) is 23.6 Å². The number of benzene rings is 1. The van der Waals surface area contributed by atoms with Crippen molar-refractivity contribution in [1.29, 1.82) is 0 Å². The van der Waals surface area contributed by atoms with Crippen LogP contribution >= 0.6 is 0 Å². The summed E-state index contributed by atoms with van der Waals surface area (Å²) in [7, 11) is -4.62. The van der Waals surface area contributed by atoms with E-state index in [4.69, 9.17) is 9.72 Å². The summed E-state index contributed by atoms with van der Waals surface area (Å²) in [6, 6.07) is 10.8. The van der Waals surface area contributed by atoms with E-state index in [-0.39, 0.29) is 24.1 Å². The summed E-state index contributed by atoms with van der Waals surface area (Å²) in [5.74, 6) is -0.0142. The van der Waals surface area contributed by atoms with Gasteiger partial charge < -0.3 is 9.30 Å². The second kappa shape index (κ2) is 10.7. The third kappa shape index (κ3) is 7.06. The number of ether oxygens (including phenoxy) is 1. The Morgan fingerprint density at radius 3 is 2.30 bits per heavy atom. The van der Waals surface area contributed by atoms with Gasteiger partial charge in [-0.3, -0.25) is 4.98 Å². The Labute approximate surface area is 196 Å². The predicted octanol–water partition coefficient (Wildman–Crippen LogP) is 5.39. The summed E-state index contributed by atoms with van der Waals surface area (Å²) in [6.45, 7) is 9.44. The van der Waals surface area contributed by atoms with Gasteiger partial charge in [-0.05, 0) is 48.9 Å². The normalized spacial score (nSPS) is 12.3. The summed E-state index contributed by atoms with van der Waals surface area (Å²) in [6.07, 6.45) is 3.87. The first kappa shape index (κ1) is 25.3. The highest BCUT2D eigenvalue weighted by molar-refractivity contribution is 7.90. The molecule has 0 atom stereocenters. The molecule has 33 heavy (non-hydrogen) atoms. The number of nitrogens with zero attached hydrogens (tertiary/aromatic N) is 3. The van der Waals surface area contributed by atoms with Crippen LogP contribution in [0.1, 0.15) is 19.2 Å². The van der Waals surface area contributed by atoms with E-state index in [0.717, 1.165) is 17.2 Å². The van der Waals surface area contributed by atoms with Crippen molar-refractivity contribution in [3.05, 3.63) is 60.4 Å². The maximum Gasteiger partial charge on any atom is 0.157 e. The summed E-state index contributed by atoms with van der Waals surface area (Å²) in [4.78, 5) is 8.85. The van der Waals surface area contributed by atoms with Crippen molar-refractivity contribution >= 4 is 17.9 Å². The van der Waals surface area contributed by atoms with Gasteiger partial charge in [0, 0.05) is 38.2 Å². The van der Waals surface area contributed by atoms with E-state index in [0.29, 0.717) is 30.2 Å². The summed E-state index contributed by atoms with van der Waals surface area (Å²) >= 11 is 0. The van der Waals surface area contributed by atoms with Crippen molar-refractivity contribution in [2.24, 2.45) is 0 Å². The number of rotatable bonds is 11. The average Bonchev–Trinajstić information content (AvgIpc) is 3.09. The molecule has 2 aromatic heterocycles. The molecule has 0 aliphatic carbocycles. The molecule has 0 bridgehead atoms. The Balaban J connectivity index is 2.11. The second-order valence-electron chi connectivity index (χ2n) is 9.34. The average molecular weight is 490 g/mol. The first-order valence-electron chi connectivity index (χ1n) is 11.1. The molecule has 0 amide bonds. The highest BCUT2D eigenvalue weighted by atomic mass is 32.2. The third-order valence-corrected chi connectivity index (χ3v) is 8.63. The number of sulfone groups is 1. The Hall–Kier alpha value is -2.36. The molecular weight excluding hydrogens is 457 g/mol. The summed E-state index contributed by atoms with van der Waals surface area (Å²) in [5, 5.41) is 0. The van der Waals surface area contributed by atoms with Gasteiger partial charge in [-0.2, -0.15) is 0 Å². The van der Waals surface area contributed by atoms with Crippen molar-refractivity contribution in [2.45, 2.75) is 51.5 Å². The van der Waals surface area contributed by atoms with Gasteiger partial charge >= 0.3 is 0 Å². The molecule has 2 heterocycles. The molecular formula is C24H32FN3O3SSi. The molecule has 0 aliphatic rings. The smallest absolute Gasteiger partial charge is 0.157 e. The molecule has 3 aromatic rings. The molecule has 0 radical (unpaired) electrons. The van der Waals surface area contributed by atoms with Gasteiger partial charge in [-0.25, -0.2) is 17.8 Å². The number of imidazole rings is 1. The lowest BCUT2D eigenvalue weighted by Gasteiger charge is -2.17. The molecule has 0 N–H and O–H groups in total. The molecule has 9 heteroatoms. The fourth-order valence-corrected chi connectivity index (χ4v) is 5.61. The number of hydrogen-bond donors (Lipinski definition) is 0. The zero-order valence-corrected chi connectivity index (χ0v) is 21.5. The minimum Gasteiger partial charge on any atom is -0.361 e. The Morgan fingerprint density at radius 1 is 1.03 bits per heavy atom. The van der Waals surface area contributed by atoms with E-state index in [2.05, 4.69) is 24.6 Å². The van der Waals surface area contributed by atoms with Crippen molar-refractivity contribution < 1.29 is 17.5 Å². The van der Waals surface area contributed by atoms with Gasteiger partial charge in [0.2, 0.25) is 0 Å². The molecule has 0 unspecified atom stereocenters. The minimum absolute atomic E-state index is 0.0901. The van der Waals surface area contributed by atoms with Crippen molar-refractivity contribution in [3.63, 3.8) is 0 Å². The largest absolute Gasteiger partial charge is 0.361 e. The second-order valence-corrected chi connectivity index (χ2v) is 17.1. The maximum absolute atomic E-state index is 13.7. The Bertz CT molecular complexity index is 1160. The van der Waals surface area contributed by atoms with Crippen LogP contribution in [-0.2, 0) is 27.1 Å². The van der Waals surface area contributed by atoms with E-state index >= 15 is 0 Å². The standard InChI is InChI=1S/C24H32FN3O3SSi/c1-5-15-32(29,30)17-22-27-23(19-10-12-26-13-11-19)24(20-6-8-21(25)9-7-20)28(22)18-31-14-16-33(2,3)4/h6-13H,5,14-18H2,1-4H3. The van der Waals surface area contributed by atoms with Gasteiger partial charge in [0.1, 0.15) is 24.1 Å². The zero-order chi connectivity index (χ0) is 24.1. The van der Waals surface area contributed by atoms with Crippen molar-refractivity contribution in [2.75, 3.05) is 12.4 Å². The molecule has 0 aliphatic heterocycles. The molecule has 0 fully saturated rings. The van der Waals surface area contributed by atoms with E-state index < -0.39 is 17.9 Å². The van der Waals surface area contributed by atoms with E-state index in [9.17, 15) is 12.8 Å². The molecule has 0 spiro atoms. The lowest BCUT2D eigenvalue weighted by Crippen LogP contribution is -2.22. The molecule has 6 nitrogen and oxygen atoms in total. The summed E-state index contributed by atoms with van der Waals surface area (Å²) < 4.78 is 46.9. The van der Waals surface area contributed by atoms with Crippen LogP contribution in [0.3, 0.4) is 0 Å². The number of halogens is 1. The fourth-order valence-electron chi connectivity index (χ4n) is 3.47. The third-order valence-electron chi connectivity index (χ3n) is 5.20. The van der Waals surface area contributed by atoms with Gasteiger partial charge in [0.15, 0.2) is 9.84 Å². The van der Waals surface area contributed by atoms with Crippen LogP contribution in [0.5, 0.6) is 0 Å². The van der Waals surface area contributed by atoms with Gasteiger partial charge in [0.05, 0.1) is 17.1 Å². The van der Waals surface area contributed by atoms with Crippen LogP contribution in [0, 0.1) is 5.82 Å². The molecule has 3 rings (SSSR count). The lowest BCUT2D eigenvalue weighted by molar-refractivity contribution is 0.0867. The van der Waals surface area contributed by atoms with Crippen LogP contribution in [-0.4, -0.2) is 43.4 Å². The number of hydrogen-bond acceptors (Lipinski definition) is 5. The molecule has 178 valence electrons. The molecule has 1 aromatic carbocycles. The van der Waals surface area contributed by atoms with E-state index in [1.165, 1.54) is 12.1 Å². The van der Waals surface area contributed by atoms with Crippen LogP contribution in [0.25, 0.3) is 22.5 Å². The minimum atomic E-state index is -3.34. The monoisotopic (exact) mass is 489 g/mol. The number of aromatic nitrogens is 3. The van der Waals surface area contributed by atoms with Crippen molar-refractivity contribution in [1.82, 2.24) is 14.5 Å². The van der Waals surface area contributed by atoms with Crippen LogP contribution < -0.4 is 0 Å². The predicted molar refractivity (Wildman–Crippen MR) is 133 cm³/mol. The first-order valence-corrected chi connectivity index (χ1v) is 16.7. The quantitative estimate of drug-likeness (QED) is 0.267. The highest BCUT2D eigenvalue weighted by Gasteiger charge is 2.24. The van der Waals surface area contributed by atoms with Crippen LogP contribution in [0.15, 0.2) is 48.8 Å². The van der Waals surface area contributed by atoms with Gasteiger partial charge in [0.25, 0.3) is 0 Å². The first-order chi connectivity index (χ1) is 15.6. The SMILES string of the molecule is CCCS(=O)(=O)Cc1nc(-c2ccncc2)c(-c2ccc(F)cc2)n1COCC[Si](C)(C)C. The molecule has 0 saturated heterocycles. The molecule has 0 saturated carbocycles. The number of pyridine rings is 1. The summed E-state index contributed by atoms with van der Waals surface area (Å²) in [5.41, 5.74) is 2.87. The highest BCUT2D eigenvalue weighted by Crippen LogP contribution is 2.33. The van der Waals surface area contributed by atoms with E-state index in [1.54, 1.807) is 24.5 Å². The van der Waals surface area contributed by atoms with Crippen molar-refractivity contribution in [3.8, 4) is 22.5 Å². The van der Waals surface area contributed by atoms with Crippen LogP contribution in [0.4, 0.5) is 4.39 Å². The lowest BCUT2D eigenvalue weighted by atomic mass is 10.1. The van der Waals surface area contributed by atoms with Gasteiger partial charge in [-0.1, -0.05) is 26.6 Å².